The minimum atomic E-state index is -0.600. The molecule has 8 heteroatoms. The molecule has 0 aromatic carbocycles. The highest BCUT2D eigenvalue weighted by molar-refractivity contribution is 7.08. The summed E-state index contributed by atoms with van der Waals surface area (Å²) in [5.41, 5.74) is 2.63. The quantitative estimate of drug-likeness (QED) is 0.381. The molecule has 0 saturated carbocycles. The Kier molecular flexibility index (Phi) is 4.62. The zero-order valence-corrected chi connectivity index (χ0v) is 15.9. The molecular weight excluding hydrogens is 378 g/mol. The molecule has 4 aromatic heterocycles. The van der Waals surface area contributed by atoms with Crippen molar-refractivity contribution in [3.63, 3.8) is 0 Å². The monoisotopic (exact) mass is 393 g/mol. The molecule has 7 nitrogen and oxygen atoms in total. The Labute approximate surface area is 164 Å². The molecule has 0 aliphatic carbocycles. The van der Waals surface area contributed by atoms with E-state index in [2.05, 4.69) is 10.1 Å². The third-order valence-electron chi connectivity index (χ3n) is 4.24. The van der Waals surface area contributed by atoms with Gasteiger partial charge >= 0.3 is 5.97 Å². The highest BCUT2D eigenvalue weighted by Gasteiger charge is 2.24. The maximum absolute atomic E-state index is 13.4. The van der Waals surface area contributed by atoms with Gasteiger partial charge in [0.2, 0.25) is 5.78 Å². The van der Waals surface area contributed by atoms with Crippen LogP contribution in [-0.2, 0) is 4.74 Å². The molecule has 0 atom stereocenters. The zero-order chi connectivity index (χ0) is 19.7. The lowest BCUT2D eigenvalue weighted by atomic mass is 10.0. The molecule has 28 heavy (non-hydrogen) atoms. The van der Waals surface area contributed by atoms with E-state index in [4.69, 9.17) is 9.47 Å². The average molecular weight is 393 g/mol. The highest BCUT2D eigenvalue weighted by atomic mass is 32.1. The second-order valence-corrected chi connectivity index (χ2v) is 6.64. The van der Waals surface area contributed by atoms with Gasteiger partial charge in [0.1, 0.15) is 22.8 Å². The SMILES string of the molecule is COC(=O)c1cccc(C(=O)c2c(-c3ccsc3)nn3cc(OC)ccc23)n1. The third kappa shape index (κ3) is 3.03. The van der Waals surface area contributed by atoms with Crippen LogP contribution >= 0.6 is 11.3 Å². The number of thiophene rings is 1. The molecule has 0 fully saturated rings. The molecule has 140 valence electrons. The van der Waals surface area contributed by atoms with Gasteiger partial charge in [-0.25, -0.2) is 14.3 Å². The molecule has 0 aliphatic rings. The van der Waals surface area contributed by atoms with E-state index >= 15 is 0 Å². The first-order chi connectivity index (χ1) is 13.6. The van der Waals surface area contributed by atoms with Crippen LogP contribution in [0.4, 0.5) is 0 Å². The molecule has 4 heterocycles. The highest BCUT2D eigenvalue weighted by Crippen LogP contribution is 2.30. The van der Waals surface area contributed by atoms with E-state index in [9.17, 15) is 9.59 Å². The summed E-state index contributed by atoms with van der Waals surface area (Å²) in [6.07, 6.45) is 1.71. The summed E-state index contributed by atoms with van der Waals surface area (Å²) >= 11 is 1.52. The van der Waals surface area contributed by atoms with Crippen LogP contribution in [-0.4, -0.2) is 40.6 Å². The van der Waals surface area contributed by atoms with Crippen LogP contribution in [0, 0.1) is 0 Å². The Bertz CT molecular complexity index is 1180. The number of ether oxygens (including phenoxy) is 2. The van der Waals surface area contributed by atoms with Crippen LogP contribution in [0.25, 0.3) is 16.8 Å². The van der Waals surface area contributed by atoms with Gasteiger partial charge in [0.05, 0.1) is 31.5 Å². The van der Waals surface area contributed by atoms with Crippen LogP contribution < -0.4 is 4.74 Å². The van der Waals surface area contributed by atoms with Gasteiger partial charge in [0.25, 0.3) is 0 Å². The van der Waals surface area contributed by atoms with Gasteiger partial charge in [-0.2, -0.15) is 16.4 Å². The van der Waals surface area contributed by atoms with Crippen molar-refractivity contribution in [1.29, 1.82) is 0 Å². The standard InChI is InChI=1S/C20H15N3O4S/c1-26-13-6-7-16-17(18(22-23(16)10-13)12-8-9-28-11-12)19(24)14-4-3-5-15(21-14)20(25)27-2/h3-11H,1-2H3. The van der Waals surface area contributed by atoms with Crippen molar-refractivity contribution in [1.82, 2.24) is 14.6 Å². The number of esters is 1. The number of carbonyl (C=O) groups excluding carboxylic acids is 2. The van der Waals surface area contributed by atoms with Gasteiger partial charge in [-0.3, -0.25) is 4.79 Å². The molecule has 0 saturated heterocycles. The van der Waals surface area contributed by atoms with Gasteiger partial charge in [0, 0.05) is 10.9 Å². The summed E-state index contributed by atoms with van der Waals surface area (Å²) in [5.74, 6) is -0.305. The van der Waals surface area contributed by atoms with E-state index in [0.29, 0.717) is 22.5 Å². The van der Waals surface area contributed by atoms with Crippen molar-refractivity contribution >= 4 is 28.6 Å². The van der Waals surface area contributed by atoms with E-state index in [1.807, 2.05) is 16.8 Å². The van der Waals surface area contributed by atoms with E-state index < -0.39 is 5.97 Å². The maximum Gasteiger partial charge on any atom is 0.356 e. The summed E-state index contributed by atoms with van der Waals surface area (Å²) < 4.78 is 11.6. The Morgan fingerprint density at radius 3 is 2.61 bits per heavy atom. The second-order valence-electron chi connectivity index (χ2n) is 5.86. The fourth-order valence-corrected chi connectivity index (χ4v) is 3.52. The minimum Gasteiger partial charge on any atom is -0.495 e. The minimum absolute atomic E-state index is 0.0728. The first kappa shape index (κ1) is 17.9. The Morgan fingerprint density at radius 1 is 1.07 bits per heavy atom. The number of carbonyl (C=O) groups is 2. The summed E-state index contributed by atoms with van der Waals surface area (Å²) in [4.78, 5) is 29.3. The molecule has 0 amide bonds. The van der Waals surface area contributed by atoms with Gasteiger partial charge in [-0.15, -0.1) is 0 Å². The molecule has 0 aliphatic heterocycles. The Hall–Kier alpha value is -3.52. The van der Waals surface area contributed by atoms with Crippen molar-refractivity contribution in [2.24, 2.45) is 0 Å². The number of aromatic nitrogens is 3. The Morgan fingerprint density at radius 2 is 1.89 bits per heavy atom. The first-order valence-electron chi connectivity index (χ1n) is 8.31. The predicted octanol–water partition coefficient (Wildman–Crippen LogP) is 3.48. The number of hydrogen-bond donors (Lipinski definition) is 0. The van der Waals surface area contributed by atoms with Crippen LogP contribution in [0.1, 0.15) is 26.5 Å². The van der Waals surface area contributed by atoms with Crippen molar-refractivity contribution in [2.75, 3.05) is 14.2 Å². The van der Waals surface area contributed by atoms with Crippen LogP contribution in [0.15, 0.2) is 53.4 Å². The number of pyridine rings is 2. The van der Waals surface area contributed by atoms with Crippen LogP contribution in [0.5, 0.6) is 5.75 Å². The summed E-state index contributed by atoms with van der Waals surface area (Å²) in [5, 5.41) is 8.43. The van der Waals surface area contributed by atoms with Crippen molar-refractivity contribution < 1.29 is 19.1 Å². The van der Waals surface area contributed by atoms with E-state index in [-0.39, 0.29) is 17.2 Å². The molecule has 4 aromatic rings. The number of methoxy groups -OCH3 is 2. The zero-order valence-electron chi connectivity index (χ0n) is 15.1. The van der Waals surface area contributed by atoms with Crippen molar-refractivity contribution in [3.05, 3.63) is 70.3 Å². The summed E-state index contributed by atoms with van der Waals surface area (Å²) in [6, 6.07) is 10.1. The van der Waals surface area contributed by atoms with Gasteiger partial charge in [-0.1, -0.05) is 6.07 Å². The van der Waals surface area contributed by atoms with E-state index in [1.165, 1.54) is 24.5 Å². The van der Waals surface area contributed by atoms with E-state index in [0.717, 1.165) is 5.56 Å². The van der Waals surface area contributed by atoms with E-state index in [1.54, 1.807) is 42.1 Å². The molecule has 0 spiro atoms. The molecular formula is C20H15N3O4S. The maximum atomic E-state index is 13.4. The van der Waals surface area contributed by atoms with Gasteiger partial charge in [-0.05, 0) is 35.7 Å². The van der Waals surface area contributed by atoms with Crippen molar-refractivity contribution in [3.8, 4) is 17.0 Å². The van der Waals surface area contributed by atoms with Crippen LogP contribution in [0.3, 0.4) is 0 Å². The van der Waals surface area contributed by atoms with Crippen molar-refractivity contribution in [2.45, 2.75) is 0 Å². The second kappa shape index (κ2) is 7.24. The van der Waals surface area contributed by atoms with Crippen LogP contribution in [0.2, 0.25) is 0 Å². The number of hydrogen-bond acceptors (Lipinski definition) is 7. The lowest BCUT2D eigenvalue weighted by Crippen LogP contribution is -2.10. The van der Waals surface area contributed by atoms with Gasteiger partial charge < -0.3 is 9.47 Å². The Balaban J connectivity index is 1.91. The van der Waals surface area contributed by atoms with Gasteiger partial charge in [0.15, 0.2) is 0 Å². The topological polar surface area (TPSA) is 82.8 Å². The third-order valence-corrected chi connectivity index (χ3v) is 4.92. The number of ketones is 1. The molecule has 4 rings (SSSR count). The fourth-order valence-electron chi connectivity index (χ4n) is 2.88. The lowest BCUT2D eigenvalue weighted by molar-refractivity contribution is 0.0594. The number of fused-ring (bicyclic) bond motifs is 1. The summed E-state index contributed by atoms with van der Waals surface area (Å²) in [7, 11) is 2.84. The number of rotatable bonds is 5. The molecule has 0 N–H and O–H groups in total. The summed E-state index contributed by atoms with van der Waals surface area (Å²) in [6.45, 7) is 0. The molecule has 0 bridgehead atoms. The first-order valence-corrected chi connectivity index (χ1v) is 9.25. The number of nitrogens with zero attached hydrogens (tertiary/aromatic N) is 3. The predicted molar refractivity (Wildman–Crippen MR) is 104 cm³/mol. The smallest absolute Gasteiger partial charge is 0.356 e. The largest absolute Gasteiger partial charge is 0.495 e. The lowest BCUT2D eigenvalue weighted by Gasteiger charge is -2.04. The average Bonchev–Trinajstić information content (AvgIpc) is 3.39. The molecule has 0 radical (unpaired) electrons. The molecule has 0 unspecified atom stereocenters. The normalized spacial score (nSPS) is 10.8. The fraction of sp³-hybridized carbons (Fsp3) is 0.100.